The topological polar surface area (TPSA) is 65.1 Å². The first kappa shape index (κ1) is 12.3. The van der Waals surface area contributed by atoms with Gasteiger partial charge in [0.15, 0.2) is 0 Å². The lowest BCUT2D eigenvalue weighted by molar-refractivity contribution is 0.0951. The molecule has 100 valence electrons. The number of fused-ring (bicyclic) bond motifs is 1. The smallest absolute Gasteiger partial charge is 0.251 e. The van der Waals surface area contributed by atoms with Crippen LogP contribution in [0.5, 0.6) is 5.75 Å². The zero-order valence-electron chi connectivity index (χ0n) is 10.8. The van der Waals surface area contributed by atoms with E-state index in [2.05, 4.69) is 10.3 Å². The molecule has 1 heterocycles. The maximum absolute atomic E-state index is 12.1. The Bertz CT molecular complexity index is 745. The fraction of sp³-hybridized carbons (Fsp3) is 0.0625. The number of carbonyl (C=O) groups is 1. The summed E-state index contributed by atoms with van der Waals surface area (Å²) >= 11 is 0. The highest BCUT2D eigenvalue weighted by Gasteiger charge is 2.06. The van der Waals surface area contributed by atoms with E-state index in [1.54, 1.807) is 24.3 Å². The maximum Gasteiger partial charge on any atom is 0.251 e. The first-order chi connectivity index (χ1) is 9.72. The Hall–Kier alpha value is -2.75. The van der Waals surface area contributed by atoms with Gasteiger partial charge >= 0.3 is 0 Å². The summed E-state index contributed by atoms with van der Waals surface area (Å²) in [4.78, 5) is 15.2. The predicted octanol–water partition coefficient (Wildman–Crippen LogP) is 2.80. The van der Waals surface area contributed by atoms with Gasteiger partial charge in [-0.05, 0) is 41.3 Å². The molecule has 0 bridgehead atoms. The summed E-state index contributed by atoms with van der Waals surface area (Å²) in [6, 6.07) is 14.3. The quantitative estimate of drug-likeness (QED) is 0.682. The average Bonchev–Trinajstić information content (AvgIpc) is 2.93. The third kappa shape index (κ3) is 2.49. The molecule has 4 heteroatoms. The zero-order valence-corrected chi connectivity index (χ0v) is 10.8. The van der Waals surface area contributed by atoms with Crippen LogP contribution in [0.2, 0.25) is 0 Å². The van der Waals surface area contributed by atoms with Crippen molar-refractivity contribution < 1.29 is 9.90 Å². The summed E-state index contributed by atoms with van der Waals surface area (Å²) in [6.45, 7) is 0.432. The SMILES string of the molecule is O=C(NCc1ccc(O)cc1)c1ccc2cc[nH]c2c1. The number of phenols is 1. The molecule has 20 heavy (non-hydrogen) atoms. The van der Waals surface area contributed by atoms with Crippen LogP contribution in [-0.2, 0) is 6.54 Å². The van der Waals surface area contributed by atoms with Crippen LogP contribution >= 0.6 is 0 Å². The minimum absolute atomic E-state index is 0.116. The third-order valence-electron chi connectivity index (χ3n) is 3.21. The van der Waals surface area contributed by atoms with E-state index < -0.39 is 0 Å². The van der Waals surface area contributed by atoms with Crippen LogP contribution in [0, 0.1) is 0 Å². The number of rotatable bonds is 3. The second-order valence-corrected chi connectivity index (χ2v) is 4.63. The molecule has 0 aliphatic carbocycles. The van der Waals surface area contributed by atoms with Gasteiger partial charge in [0.1, 0.15) is 5.75 Å². The van der Waals surface area contributed by atoms with Crippen LogP contribution in [-0.4, -0.2) is 16.0 Å². The summed E-state index contributed by atoms with van der Waals surface area (Å²) in [5.41, 5.74) is 2.51. The lowest BCUT2D eigenvalue weighted by Crippen LogP contribution is -2.22. The minimum atomic E-state index is -0.116. The summed E-state index contributed by atoms with van der Waals surface area (Å²) in [5, 5.41) is 13.1. The molecule has 4 nitrogen and oxygen atoms in total. The van der Waals surface area contributed by atoms with E-state index >= 15 is 0 Å². The molecule has 0 aliphatic heterocycles. The fourth-order valence-electron chi connectivity index (χ4n) is 2.09. The van der Waals surface area contributed by atoms with E-state index in [-0.39, 0.29) is 11.7 Å². The first-order valence-corrected chi connectivity index (χ1v) is 6.35. The van der Waals surface area contributed by atoms with Crippen LogP contribution in [0.4, 0.5) is 0 Å². The number of H-pyrrole nitrogens is 1. The van der Waals surface area contributed by atoms with Gasteiger partial charge in [0.2, 0.25) is 0 Å². The Morgan fingerprint density at radius 2 is 1.90 bits per heavy atom. The molecule has 3 aromatic rings. The minimum Gasteiger partial charge on any atom is -0.508 e. The summed E-state index contributed by atoms with van der Waals surface area (Å²) in [5.74, 6) is 0.104. The molecule has 0 fully saturated rings. The van der Waals surface area contributed by atoms with E-state index in [1.165, 1.54) is 0 Å². The number of carbonyl (C=O) groups excluding carboxylic acids is 1. The van der Waals surface area contributed by atoms with Crippen molar-refractivity contribution in [1.82, 2.24) is 10.3 Å². The van der Waals surface area contributed by atoms with Crippen LogP contribution in [0.25, 0.3) is 10.9 Å². The lowest BCUT2D eigenvalue weighted by atomic mass is 10.1. The number of amides is 1. The van der Waals surface area contributed by atoms with Gasteiger partial charge in [-0.1, -0.05) is 18.2 Å². The van der Waals surface area contributed by atoms with E-state index in [9.17, 15) is 9.90 Å². The first-order valence-electron chi connectivity index (χ1n) is 6.35. The average molecular weight is 266 g/mol. The molecule has 0 unspecified atom stereocenters. The predicted molar refractivity (Wildman–Crippen MR) is 77.6 cm³/mol. The van der Waals surface area contributed by atoms with Crippen molar-refractivity contribution in [3.8, 4) is 5.75 Å². The van der Waals surface area contributed by atoms with Gasteiger partial charge < -0.3 is 15.4 Å². The van der Waals surface area contributed by atoms with Gasteiger partial charge in [0, 0.05) is 23.8 Å². The Kier molecular flexibility index (Phi) is 3.13. The van der Waals surface area contributed by atoms with Gasteiger partial charge in [0.05, 0.1) is 0 Å². The third-order valence-corrected chi connectivity index (χ3v) is 3.21. The standard InChI is InChI=1S/C16H14N2O2/c19-14-5-1-11(2-6-14)10-18-16(20)13-4-3-12-7-8-17-15(12)9-13/h1-9,17,19H,10H2,(H,18,20). The van der Waals surface area contributed by atoms with Crippen molar-refractivity contribution in [1.29, 1.82) is 0 Å². The molecule has 1 amide bonds. The highest BCUT2D eigenvalue weighted by atomic mass is 16.3. The lowest BCUT2D eigenvalue weighted by Gasteiger charge is -2.06. The monoisotopic (exact) mass is 266 g/mol. The van der Waals surface area contributed by atoms with Crippen molar-refractivity contribution in [2.75, 3.05) is 0 Å². The molecule has 1 aromatic heterocycles. The summed E-state index contributed by atoms with van der Waals surface area (Å²) in [6.07, 6.45) is 1.85. The highest BCUT2D eigenvalue weighted by molar-refractivity contribution is 5.97. The Morgan fingerprint density at radius 1 is 1.10 bits per heavy atom. The number of hydrogen-bond acceptors (Lipinski definition) is 2. The van der Waals surface area contributed by atoms with Crippen LogP contribution in [0.15, 0.2) is 54.7 Å². The van der Waals surface area contributed by atoms with E-state index in [0.717, 1.165) is 16.5 Å². The van der Waals surface area contributed by atoms with Crippen molar-refractivity contribution in [3.63, 3.8) is 0 Å². The number of nitrogens with one attached hydrogen (secondary N) is 2. The van der Waals surface area contributed by atoms with Gasteiger partial charge in [-0.2, -0.15) is 0 Å². The number of aromatic amines is 1. The van der Waals surface area contributed by atoms with E-state index in [4.69, 9.17) is 0 Å². The maximum atomic E-state index is 12.1. The number of hydrogen-bond donors (Lipinski definition) is 3. The van der Waals surface area contributed by atoms with Gasteiger partial charge in [0.25, 0.3) is 5.91 Å². The highest BCUT2D eigenvalue weighted by Crippen LogP contribution is 2.14. The van der Waals surface area contributed by atoms with Crippen molar-refractivity contribution in [3.05, 3.63) is 65.9 Å². The normalized spacial score (nSPS) is 10.6. The molecular formula is C16H14N2O2. The van der Waals surface area contributed by atoms with Gasteiger partial charge in [-0.15, -0.1) is 0 Å². The van der Waals surface area contributed by atoms with Crippen LogP contribution < -0.4 is 5.32 Å². The van der Waals surface area contributed by atoms with Crippen molar-refractivity contribution in [2.24, 2.45) is 0 Å². The molecule has 0 atom stereocenters. The molecule has 0 saturated heterocycles. The Labute approximate surface area is 116 Å². The largest absolute Gasteiger partial charge is 0.508 e. The number of phenolic OH excluding ortho intramolecular Hbond substituents is 1. The molecule has 3 N–H and O–H groups in total. The molecular weight excluding hydrogens is 252 g/mol. The molecule has 0 spiro atoms. The van der Waals surface area contributed by atoms with Gasteiger partial charge in [-0.25, -0.2) is 0 Å². The summed E-state index contributed by atoms with van der Waals surface area (Å²) < 4.78 is 0. The Morgan fingerprint density at radius 3 is 2.70 bits per heavy atom. The summed E-state index contributed by atoms with van der Waals surface area (Å²) in [7, 11) is 0. The molecule has 0 aliphatic rings. The Balaban J connectivity index is 1.70. The van der Waals surface area contributed by atoms with Crippen LogP contribution in [0.1, 0.15) is 15.9 Å². The molecule has 2 aromatic carbocycles. The van der Waals surface area contributed by atoms with Gasteiger partial charge in [-0.3, -0.25) is 4.79 Å². The number of aromatic nitrogens is 1. The zero-order chi connectivity index (χ0) is 13.9. The molecule has 0 saturated carbocycles. The van der Waals surface area contributed by atoms with Crippen molar-refractivity contribution >= 4 is 16.8 Å². The van der Waals surface area contributed by atoms with Crippen molar-refractivity contribution in [2.45, 2.75) is 6.54 Å². The number of benzene rings is 2. The second-order valence-electron chi connectivity index (χ2n) is 4.63. The fourth-order valence-corrected chi connectivity index (χ4v) is 2.09. The van der Waals surface area contributed by atoms with E-state index in [1.807, 2.05) is 30.5 Å². The molecule has 3 rings (SSSR count). The number of aromatic hydroxyl groups is 1. The van der Waals surface area contributed by atoms with E-state index in [0.29, 0.717) is 12.1 Å². The molecule has 0 radical (unpaired) electrons. The van der Waals surface area contributed by atoms with Crippen LogP contribution in [0.3, 0.4) is 0 Å². The second kappa shape index (κ2) is 5.09.